The van der Waals surface area contributed by atoms with Gasteiger partial charge in [-0.25, -0.2) is 9.37 Å². The summed E-state index contributed by atoms with van der Waals surface area (Å²) in [7, 11) is 0. The van der Waals surface area contributed by atoms with Crippen LogP contribution in [-0.4, -0.2) is 43.6 Å². The van der Waals surface area contributed by atoms with Crippen LogP contribution in [0.5, 0.6) is 11.5 Å². The fourth-order valence-corrected chi connectivity index (χ4v) is 4.37. The predicted molar refractivity (Wildman–Crippen MR) is 127 cm³/mol. The topological polar surface area (TPSA) is 96.9 Å². The average molecular weight is 468 g/mol. The summed E-state index contributed by atoms with van der Waals surface area (Å²) in [5, 5.41) is 14.6. The number of carbonyl (C=O) groups excluding carboxylic acids is 1. The average Bonchev–Trinajstić information content (AvgIpc) is 3.30. The molecule has 0 N–H and O–H groups in total. The number of aromatic nitrogens is 4. The van der Waals surface area contributed by atoms with Crippen LogP contribution in [0, 0.1) is 17.1 Å². The van der Waals surface area contributed by atoms with Crippen molar-refractivity contribution in [1.82, 2.24) is 24.6 Å². The second-order valence-corrected chi connectivity index (χ2v) is 8.18. The van der Waals surface area contributed by atoms with Gasteiger partial charge in [0.15, 0.2) is 17.3 Å². The first-order chi connectivity index (χ1) is 17.1. The highest BCUT2D eigenvalue weighted by Crippen LogP contribution is 2.34. The van der Waals surface area contributed by atoms with Gasteiger partial charge in [-0.15, -0.1) is 0 Å². The first kappa shape index (κ1) is 22.2. The molecule has 1 aromatic carbocycles. The van der Waals surface area contributed by atoms with E-state index in [1.54, 1.807) is 40.0 Å². The van der Waals surface area contributed by atoms with Gasteiger partial charge in [0.25, 0.3) is 0 Å². The molecule has 174 valence electrons. The molecule has 1 unspecified atom stereocenters. The van der Waals surface area contributed by atoms with Crippen molar-refractivity contribution in [2.75, 3.05) is 13.1 Å². The molecule has 0 saturated carbocycles. The summed E-state index contributed by atoms with van der Waals surface area (Å²) in [6, 6.07) is 12.4. The summed E-state index contributed by atoms with van der Waals surface area (Å²) in [4.78, 5) is 21.9. The van der Waals surface area contributed by atoms with Gasteiger partial charge in [-0.05, 0) is 55.3 Å². The zero-order valence-corrected chi connectivity index (χ0v) is 18.8. The monoisotopic (exact) mass is 468 g/mol. The molecule has 0 aliphatic carbocycles. The van der Waals surface area contributed by atoms with Gasteiger partial charge in [0.1, 0.15) is 23.0 Å². The van der Waals surface area contributed by atoms with Gasteiger partial charge >= 0.3 is 0 Å². The molecule has 8 nitrogen and oxygen atoms in total. The van der Waals surface area contributed by atoms with Gasteiger partial charge in [-0.2, -0.15) is 10.4 Å². The Hall–Kier alpha value is -4.58. The molecule has 4 aromatic rings. The minimum Gasteiger partial charge on any atom is -0.454 e. The summed E-state index contributed by atoms with van der Waals surface area (Å²) in [5.41, 5.74) is 1.90. The lowest BCUT2D eigenvalue weighted by Gasteiger charge is -2.32. The molecule has 0 radical (unpaired) electrons. The van der Waals surface area contributed by atoms with E-state index in [9.17, 15) is 14.4 Å². The lowest BCUT2D eigenvalue weighted by molar-refractivity contribution is -0.127. The normalized spacial score (nSPS) is 15.5. The number of halogens is 1. The van der Waals surface area contributed by atoms with Crippen LogP contribution < -0.4 is 4.74 Å². The van der Waals surface area contributed by atoms with Crippen molar-refractivity contribution in [3.63, 3.8) is 0 Å². The highest BCUT2D eigenvalue weighted by molar-refractivity contribution is 5.93. The number of piperidine rings is 1. The molecule has 3 aromatic heterocycles. The van der Waals surface area contributed by atoms with Crippen molar-refractivity contribution >= 4 is 16.8 Å². The number of carbonyl (C=O) groups is 1. The molecule has 0 bridgehead atoms. The van der Waals surface area contributed by atoms with Crippen LogP contribution in [0.2, 0.25) is 0 Å². The van der Waals surface area contributed by atoms with Crippen molar-refractivity contribution in [3.05, 3.63) is 79.2 Å². The molecular formula is C26H21FN6O2. The Morgan fingerprint density at radius 1 is 1.26 bits per heavy atom. The smallest absolute Gasteiger partial charge is 0.246 e. The number of nitriles is 1. The zero-order valence-electron chi connectivity index (χ0n) is 18.8. The van der Waals surface area contributed by atoms with Gasteiger partial charge in [0.2, 0.25) is 5.91 Å². The summed E-state index contributed by atoms with van der Waals surface area (Å²) in [5.74, 6) is 0.281. The van der Waals surface area contributed by atoms with Crippen LogP contribution in [0.25, 0.3) is 22.2 Å². The van der Waals surface area contributed by atoms with Crippen LogP contribution in [0.4, 0.5) is 4.39 Å². The van der Waals surface area contributed by atoms with E-state index in [2.05, 4.69) is 16.5 Å². The first-order valence-corrected chi connectivity index (χ1v) is 11.2. The number of likely N-dealkylation sites (tertiary alicyclic amines) is 1. The zero-order chi connectivity index (χ0) is 24.4. The number of hydrogen-bond acceptors (Lipinski definition) is 6. The van der Waals surface area contributed by atoms with Crippen molar-refractivity contribution in [3.8, 4) is 28.8 Å². The number of ether oxygens (including phenoxy) is 1. The second kappa shape index (κ2) is 9.35. The molecule has 1 atom stereocenters. The Labute approximate surface area is 200 Å². The lowest BCUT2D eigenvalue weighted by atomic mass is 10.1. The number of benzene rings is 1. The number of fused-ring (bicyclic) bond motifs is 1. The van der Waals surface area contributed by atoms with E-state index < -0.39 is 5.82 Å². The Morgan fingerprint density at radius 2 is 2.09 bits per heavy atom. The van der Waals surface area contributed by atoms with Gasteiger partial charge in [0, 0.05) is 36.4 Å². The summed E-state index contributed by atoms with van der Waals surface area (Å²) in [6.45, 7) is 4.65. The molecule has 5 rings (SSSR count). The molecular weight excluding hydrogens is 447 g/mol. The van der Waals surface area contributed by atoms with E-state index in [4.69, 9.17) is 9.84 Å². The maximum absolute atomic E-state index is 15.0. The van der Waals surface area contributed by atoms with E-state index in [0.717, 1.165) is 18.4 Å². The Bertz CT molecular complexity index is 1460. The van der Waals surface area contributed by atoms with E-state index >= 15 is 0 Å². The molecule has 35 heavy (non-hydrogen) atoms. The van der Waals surface area contributed by atoms with Gasteiger partial charge in [0.05, 0.1) is 12.2 Å². The van der Waals surface area contributed by atoms with E-state index in [0.29, 0.717) is 41.2 Å². The third-order valence-electron chi connectivity index (χ3n) is 6.03. The largest absolute Gasteiger partial charge is 0.454 e. The van der Waals surface area contributed by atoms with Crippen LogP contribution in [0.1, 0.15) is 24.6 Å². The van der Waals surface area contributed by atoms with Crippen molar-refractivity contribution in [2.45, 2.75) is 18.9 Å². The summed E-state index contributed by atoms with van der Waals surface area (Å²) >= 11 is 0. The van der Waals surface area contributed by atoms with E-state index in [1.165, 1.54) is 18.5 Å². The lowest BCUT2D eigenvalue weighted by Crippen LogP contribution is -2.40. The van der Waals surface area contributed by atoms with Crippen molar-refractivity contribution in [2.24, 2.45) is 0 Å². The second-order valence-electron chi connectivity index (χ2n) is 8.18. The molecule has 1 fully saturated rings. The third-order valence-corrected chi connectivity index (χ3v) is 6.03. The molecule has 1 aliphatic heterocycles. The van der Waals surface area contributed by atoms with Crippen LogP contribution in [0.3, 0.4) is 0 Å². The Balaban J connectivity index is 1.49. The molecule has 1 aliphatic rings. The van der Waals surface area contributed by atoms with Gasteiger partial charge in [-0.3, -0.25) is 14.5 Å². The van der Waals surface area contributed by atoms with E-state index in [1.807, 2.05) is 18.2 Å². The maximum Gasteiger partial charge on any atom is 0.246 e. The number of amides is 1. The molecule has 4 heterocycles. The molecule has 9 heteroatoms. The van der Waals surface area contributed by atoms with Crippen molar-refractivity contribution < 1.29 is 13.9 Å². The van der Waals surface area contributed by atoms with Crippen LogP contribution in [0.15, 0.2) is 67.6 Å². The van der Waals surface area contributed by atoms with Crippen LogP contribution >= 0.6 is 0 Å². The number of pyridine rings is 2. The molecule has 1 saturated heterocycles. The number of rotatable bonds is 5. The Morgan fingerprint density at radius 3 is 2.86 bits per heavy atom. The predicted octanol–water partition coefficient (Wildman–Crippen LogP) is 4.65. The minimum atomic E-state index is -0.464. The molecule has 1 amide bonds. The fourth-order valence-electron chi connectivity index (χ4n) is 4.37. The minimum absolute atomic E-state index is 0.141. The number of nitrogens with zero attached hydrogens (tertiary/aromatic N) is 6. The standard InChI is InChI=1S/C26H21FN6O2/c1-2-24(34)32-12-4-5-18(16-32)33-26-20(14-29-15-21(26)27)25(31-33)17-7-9-19(10-8-17)35-23-6-3-11-30-22(23)13-28/h2-3,6-11,14-15,18H,1,4-5,12,16H2. The SMILES string of the molecule is C=CC(=O)N1CCCC(n2nc(-c3ccc(Oc4cccnc4C#N)cc3)c3cncc(F)c32)C1. The summed E-state index contributed by atoms with van der Waals surface area (Å²) < 4.78 is 22.5. The highest BCUT2D eigenvalue weighted by atomic mass is 19.1. The Kier molecular flexibility index (Phi) is 5.94. The summed E-state index contributed by atoms with van der Waals surface area (Å²) in [6.07, 6.45) is 7.18. The van der Waals surface area contributed by atoms with Crippen LogP contribution in [-0.2, 0) is 4.79 Å². The van der Waals surface area contributed by atoms with Crippen molar-refractivity contribution in [1.29, 1.82) is 5.26 Å². The third kappa shape index (κ3) is 4.22. The quantitative estimate of drug-likeness (QED) is 0.396. The molecule has 0 spiro atoms. The van der Waals surface area contributed by atoms with Gasteiger partial charge < -0.3 is 9.64 Å². The fraction of sp³-hybridized carbons (Fsp3) is 0.192. The maximum atomic E-state index is 15.0. The first-order valence-electron chi connectivity index (χ1n) is 11.2. The number of hydrogen-bond donors (Lipinski definition) is 0. The van der Waals surface area contributed by atoms with Gasteiger partial charge in [-0.1, -0.05) is 6.58 Å². The van der Waals surface area contributed by atoms with E-state index in [-0.39, 0.29) is 17.6 Å². The highest BCUT2D eigenvalue weighted by Gasteiger charge is 2.28.